The van der Waals surface area contributed by atoms with Gasteiger partial charge in [0.2, 0.25) is 0 Å². The number of carbonyl (C=O) groups is 2. The Bertz CT molecular complexity index is 998. The van der Waals surface area contributed by atoms with Crippen LogP contribution in [0.2, 0.25) is 10.0 Å². The van der Waals surface area contributed by atoms with Crippen LogP contribution in [0.15, 0.2) is 66.7 Å². The van der Waals surface area contributed by atoms with Crippen LogP contribution in [0.3, 0.4) is 0 Å². The molecule has 0 unspecified atom stereocenters. The van der Waals surface area contributed by atoms with Crippen molar-refractivity contribution in [2.24, 2.45) is 0 Å². The first kappa shape index (κ1) is 20.7. The van der Waals surface area contributed by atoms with Gasteiger partial charge in [-0.25, -0.2) is 4.79 Å². The van der Waals surface area contributed by atoms with Crippen molar-refractivity contribution in [3.05, 3.63) is 93.5 Å². The molecule has 0 radical (unpaired) electrons. The van der Waals surface area contributed by atoms with E-state index in [1.54, 1.807) is 24.3 Å². The van der Waals surface area contributed by atoms with Gasteiger partial charge in [0.15, 0.2) is 5.75 Å². The Morgan fingerprint density at radius 3 is 2.10 bits per heavy atom. The van der Waals surface area contributed by atoms with Gasteiger partial charge in [0.1, 0.15) is 6.61 Å². The Morgan fingerprint density at radius 1 is 0.897 bits per heavy atom. The summed E-state index contributed by atoms with van der Waals surface area (Å²) in [7, 11) is 1.30. The van der Waals surface area contributed by atoms with Crippen LogP contribution in [-0.4, -0.2) is 19.0 Å². The van der Waals surface area contributed by atoms with Crippen LogP contribution >= 0.6 is 23.2 Å². The molecule has 0 saturated carbocycles. The molecule has 1 N–H and O–H groups in total. The SMILES string of the molecule is COC(=O)c1ccc(NC(=O)c2cc(Cl)c(OCc3ccccc3)c(Cl)c2)cc1. The maximum atomic E-state index is 12.5. The van der Waals surface area contributed by atoms with Crippen LogP contribution in [-0.2, 0) is 11.3 Å². The van der Waals surface area contributed by atoms with Crippen molar-refractivity contribution < 1.29 is 19.1 Å². The van der Waals surface area contributed by atoms with E-state index < -0.39 is 11.9 Å². The number of anilines is 1. The van der Waals surface area contributed by atoms with E-state index in [1.807, 2.05) is 30.3 Å². The van der Waals surface area contributed by atoms with Crippen LogP contribution in [0.1, 0.15) is 26.3 Å². The van der Waals surface area contributed by atoms with E-state index in [2.05, 4.69) is 10.1 Å². The molecular weight excluding hydrogens is 413 g/mol. The Balaban J connectivity index is 1.70. The minimum atomic E-state index is -0.451. The highest BCUT2D eigenvalue weighted by atomic mass is 35.5. The Morgan fingerprint density at radius 2 is 1.52 bits per heavy atom. The Labute approximate surface area is 178 Å². The van der Waals surface area contributed by atoms with Crippen molar-refractivity contribution in [1.29, 1.82) is 0 Å². The summed E-state index contributed by atoms with van der Waals surface area (Å²) in [5.41, 5.74) is 2.15. The number of benzene rings is 3. The van der Waals surface area contributed by atoms with Gasteiger partial charge in [-0.2, -0.15) is 0 Å². The number of halogens is 2. The fraction of sp³-hybridized carbons (Fsp3) is 0.0909. The van der Waals surface area contributed by atoms with E-state index in [0.717, 1.165) is 5.56 Å². The number of nitrogens with one attached hydrogen (secondary N) is 1. The van der Waals surface area contributed by atoms with E-state index >= 15 is 0 Å². The van der Waals surface area contributed by atoms with E-state index in [-0.39, 0.29) is 15.6 Å². The van der Waals surface area contributed by atoms with Crippen molar-refractivity contribution in [2.75, 3.05) is 12.4 Å². The molecule has 0 fully saturated rings. The number of rotatable bonds is 6. The number of hydrogen-bond acceptors (Lipinski definition) is 4. The largest absolute Gasteiger partial charge is 0.486 e. The van der Waals surface area contributed by atoms with Gasteiger partial charge in [-0.3, -0.25) is 4.79 Å². The predicted octanol–water partition coefficient (Wildman–Crippen LogP) is 5.61. The minimum absolute atomic E-state index is 0.236. The normalized spacial score (nSPS) is 10.3. The average Bonchev–Trinajstić information content (AvgIpc) is 2.73. The molecule has 3 rings (SSSR count). The van der Waals surface area contributed by atoms with E-state index in [4.69, 9.17) is 27.9 Å². The number of ether oxygens (including phenoxy) is 2. The standard InChI is InChI=1S/C22H17Cl2NO4/c1-28-22(27)15-7-9-17(10-8-15)25-21(26)16-11-18(23)20(19(24)12-16)29-13-14-5-3-2-4-6-14/h2-12H,13H2,1H3,(H,25,26). The van der Waals surface area contributed by atoms with E-state index in [0.29, 0.717) is 23.6 Å². The maximum absolute atomic E-state index is 12.5. The van der Waals surface area contributed by atoms with Gasteiger partial charge in [-0.05, 0) is 42.0 Å². The highest BCUT2D eigenvalue weighted by Crippen LogP contribution is 2.35. The molecule has 0 aliphatic carbocycles. The number of esters is 1. The summed E-state index contributed by atoms with van der Waals surface area (Å²) in [6.07, 6.45) is 0. The minimum Gasteiger partial charge on any atom is -0.486 e. The maximum Gasteiger partial charge on any atom is 0.337 e. The lowest BCUT2D eigenvalue weighted by molar-refractivity contribution is 0.0600. The monoisotopic (exact) mass is 429 g/mol. The zero-order valence-corrected chi connectivity index (χ0v) is 17.0. The van der Waals surface area contributed by atoms with Crippen LogP contribution in [0.4, 0.5) is 5.69 Å². The molecule has 148 valence electrons. The molecule has 0 aliphatic rings. The van der Waals surface area contributed by atoms with Gasteiger partial charge in [0.25, 0.3) is 5.91 Å². The van der Waals surface area contributed by atoms with Crippen molar-refractivity contribution in [2.45, 2.75) is 6.61 Å². The first-order valence-electron chi connectivity index (χ1n) is 8.63. The second-order valence-corrected chi connectivity index (χ2v) is 6.88. The van der Waals surface area contributed by atoms with E-state index in [1.165, 1.54) is 19.2 Å². The lowest BCUT2D eigenvalue weighted by Gasteiger charge is -2.12. The smallest absolute Gasteiger partial charge is 0.337 e. The third kappa shape index (κ3) is 5.28. The highest BCUT2D eigenvalue weighted by Gasteiger charge is 2.15. The molecule has 7 heteroatoms. The van der Waals surface area contributed by atoms with Crippen molar-refractivity contribution >= 4 is 40.8 Å². The summed E-state index contributed by atoms with van der Waals surface area (Å²) >= 11 is 12.6. The van der Waals surface area contributed by atoms with Crippen LogP contribution in [0.25, 0.3) is 0 Å². The van der Waals surface area contributed by atoms with Crippen LogP contribution in [0, 0.1) is 0 Å². The molecule has 0 aromatic heterocycles. The number of amides is 1. The zero-order chi connectivity index (χ0) is 20.8. The predicted molar refractivity (Wildman–Crippen MR) is 113 cm³/mol. The third-order valence-corrected chi connectivity index (χ3v) is 4.61. The first-order chi connectivity index (χ1) is 14.0. The Hall–Kier alpha value is -3.02. The number of hydrogen-bond donors (Lipinski definition) is 1. The lowest BCUT2D eigenvalue weighted by Crippen LogP contribution is -2.12. The lowest BCUT2D eigenvalue weighted by atomic mass is 10.1. The molecular formula is C22H17Cl2NO4. The number of carbonyl (C=O) groups excluding carboxylic acids is 2. The van der Waals surface area contributed by atoms with Crippen LogP contribution in [0.5, 0.6) is 5.75 Å². The van der Waals surface area contributed by atoms with Gasteiger partial charge in [-0.1, -0.05) is 53.5 Å². The summed E-state index contributed by atoms with van der Waals surface area (Å²) in [5.74, 6) is -0.530. The summed E-state index contributed by atoms with van der Waals surface area (Å²) in [6, 6.07) is 18.9. The summed E-state index contributed by atoms with van der Waals surface area (Å²) < 4.78 is 10.4. The highest BCUT2D eigenvalue weighted by molar-refractivity contribution is 6.37. The molecule has 0 spiro atoms. The molecule has 0 atom stereocenters. The average molecular weight is 430 g/mol. The number of methoxy groups -OCH3 is 1. The topological polar surface area (TPSA) is 64.6 Å². The summed E-state index contributed by atoms with van der Waals surface area (Å²) in [4.78, 5) is 24.0. The van der Waals surface area contributed by atoms with Gasteiger partial charge >= 0.3 is 5.97 Å². The van der Waals surface area contributed by atoms with Crippen molar-refractivity contribution in [3.8, 4) is 5.75 Å². The molecule has 3 aromatic carbocycles. The molecule has 0 aliphatic heterocycles. The second-order valence-electron chi connectivity index (χ2n) is 6.07. The van der Waals surface area contributed by atoms with Gasteiger partial charge in [0.05, 0.1) is 22.7 Å². The molecule has 5 nitrogen and oxygen atoms in total. The van der Waals surface area contributed by atoms with Crippen molar-refractivity contribution in [3.63, 3.8) is 0 Å². The van der Waals surface area contributed by atoms with Crippen molar-refractivity contribution in [1.82, 2.24) is 0 Å². The third-order valence-electron chi connectivity index (χ3n) is 4.05. The fourth-order valence-electron chi connectivity index (χ4n) is 2.57. The second kappa shape index (κ2) is 9.45. The molecule has 0 heterocycles. The molecule has 3 aromatic rings. The van der Waals surface area contributed by atoms with Gasteiger partial charge < -0.3 is 14.8 Å². The molecule has 0 bridgehead atoms. The fourth-order valence-corrected chi connectivity index (χ4v) is 3.17. The summed E-state index contributed by atoms with van der Waals surface area (Å²) in [6.45, 7) is 0.304. The quantitative estimate of drug-likeness (QED) is 0.517. The molecule has 1 amide bonds. The van der Waals surface area contributed by atoms with Crippen LogP contribution < -0.4 is 10.1 Å². The van der Waals surface area contributed by atoms with E-state index in [9.17, 15) is 9.59 Å². The Kier molecular flexibility index (Phi) is 6.75. The summed E-state index contributed by atoms with van der Waals surface area (Å²) in [5, 5.41) is 3.20. The molecule has 0 saturated heterocycles. The molecule has 29 heavy (non-hydrogen) atoms. The van der Waals surface area contributed by atoms with Gasteiger partial charge in [0, 0.05) is 11.3 Å². The zero-order valence-electron chi connectivity index (χ0n) is 15.4. The first-order valence-corrected chi connectivity index (χ1v) is 9.39. The van der Waals surface area contributed by atoms with Gasteiger partial charge in [-0.15, -0.1) is 0 Å².